The highest BCUT2D eigenvalue weighted by Gasteiger charge is 2.57. The van der Waals surface area contributed by atoms with E-state index in [-0.39, 0.29) is 41.7 Å². The number of hydrogen-bond acceptors (Lipinski definition) is 9. The molecule has 0 spiro atoms. The summed E-state index contributed by atoms with van der Waals surface area (Å²) in [4.78, 5) is 59.2. The third-order valence-corrected chi connectivity index (χ3v) is 14.6. The van der Waals surface area contributed by atoms with Crippen molar-refractivity contribution in [3.63, 3.8) is 0 Å². The fourth-order valence-electron chi connectivity index (χ4n) is 10.3. The Bertz CT molecular complexity index is 2580. The highest BCUT2D eigenvalue weighted by atomic mass is 16.7. The van der Waals surface area contributed by atoms with Crippen molar-refractivity contribution in [2.45, 2.75) is 164 Å². The zero-order valence-electron chi connectivity index (χ0n) is 42.4. The second-order valence-electron chi connectivity index (χ2n) is 19.9. The maximum atomic E-state index is 14.1. The predicted molar refractivity (Wildman–Crippen MR) is 269 cm³/mol. The molecule has 11 heteroatoms. The second-order valence-corrected chi connectivity index (χ2v) is 19.9. The molecular weight excluding hydrogens is 841 g/mol. The van der Waals surface area contributed by atoms with Crippen LogP contribution in [-0.2, 0) is 45.5 Å². The Morgan fingerprint density at radius 1 is 0.881 bits per heavy atom. The van der Waals surface area contributed by atoms with Gasteiger partial charge in [0.2, 0.25) is 0 Å². The van der Waals surface area contributed by atoms with Gasteiger partial charge in [0.05, 0.1) is 35.3 Å². The number of allylic oxidation sites excluding steroid dienone is 2. The van der Waals surface area contributed by atoms with Crippen LogP contribution in [0.5, 0.6) is 0 Å². The molecule has 6 heterocycles. The Hall–Kier alpha value is -5.29. The van der Waals surface area contributed by atoms with E-state index in [1.54, 1.807) is 0 Å². The van der Waals surface area contributed by atoms with Crippen molar-refractivity contribution in [3.05, 3.63) is 87.0 Å². The first kappa shape index (κ1) is 51.1. The minimum Gasteiger partial charge on any atom is -0.464 e. The average molecular weight is 917 g/mol. The van der Waals surface area contributed by atoms with Gasteiger partial charge in [-0.1, -0.05) is 105 Å². The fraction of sp³-hybridized carbons (Fsp3) is 0.554. The van der Waals surface area contributed by atoms with E-state index >= 15 is 0 Å². The molecule has 11 nitrogen and oxygen atoms in total. The lowest BCUT2D eigenvalue weighted by atomic mass is 9.82. The average Bonchev–Trinajstić information content (AvgIpc) is 3.97. The van der Waals surface area contributed by atoms with Crippen LogP contribution in [-0.4, -0.2) is 58.7 Å². The van der Waals surface area contributed by atoms with Gasteiger partial charge in [-0.15, -0.1) is 0 Å². The molecule has 0 amide bonds. The predicted octanol–water partition coefficient (Wildman–Crippen LogP) is 13.2. The van der Waals surface area contributed by atoms with Crippen LogP contribution in [0.25, 0.3) is 39.3 Å². The van der Waals surface area contributed by atoms with Crippen molar-refractivity contribution >= 4 is 57.2 Å². The number of fused-ring (bicyclic) bond motifs is 8. The molecule has 3 aliphatic heterocycles. The van der Waals surface area contributed by atoms with Crippen molar-refractivity contribution in [1.82, 2.24) is 19.9 Å². The van der Waals surface area contributed by atoms with Crippen LogP contribution >= 0.6 is 0 Å². The monoisotopic (exact) mass is 917 g/mol. The quantitative estimate of drug-likeness (QED) is 0.0606. The van der Waals surface area contributed by atoms with Crippen LogP contribution in [0.2, 0.25) is 0 Å². The molecule has 8 bridgehead atoms. The molecule has 0 saturated heterocycles. The topological polar surface area (TPSA) is 145 Å². The Morgan fingerprint density at radius 3 is 2.18 bits per heavy atom. The standard InChI is InChI=1S/C56H76N4O7/c1-14-40-36(8)43-29-45-38(10)42(25-26-49(61)66-28-27-35(7)24-18-23-34(6)22-17-21-33(5)20-16-19-32(3)4)52(59-45)51-53-50(54(62)67-56(51,65-13)55(63)64-12)39(11)46(60-53)31-48-41(15-2)37(9)44(58-48)30-47(40)57-43/h14,27,29-34,38,42,57-58H,1,15-26,28H2,2-13H3/b35-27+,43-29?,44-30?,45-29?,46-31?,47-30?,48-31?,52-51?/t33-,34-,38+,42+,56+/m1/s1. The minimum atomic E-state index is -2.32. The van der Waals surface area contributed by atoms with E-state index < -0.39 is 23.6 Å². The zero-order chi connectivity index (χ0) is 48.7. The number of cyclic esters (lactones) is 1. The first-order chi connectivity index (χ1) is 32.0. The molecule has 0 saturated carbocycles. The van der Waals surface area contributed by atoms with Crippen molar-refractivity contribution in [2.75, 3.05) is 20.8 Å². The van der Waals surface area contributed by atoms with E-state index in [0.717, 1.165) is 75.4 Å². The number of nitrogens with zero attached hydrogens (tertiary/aromatic N) is 2. The third-order valence-electron chi connectivity index (χ3n) is 14.6. The first-order valence-electron chi connectivity index (χ1n) is 24.8. The number of H-pyrrole nitrogens is 2. The van der Waals surface area contributed by atoms with Gasteiger partial charge in [0.25, 0.3) is 0 Å². The molecule has 3 aromatic heterocycles. The zero-order valence-corrected chi connectivity index (χ0v) is 42.4. The Morgan fingerprint density at radius 2 is 1.54 bits per heavy atom. The summed E-state index contributed by atoms with van der Waals surface area (Å²) in [5, 5.41) is 0. The molecule has 5 atom stereocenters. The number of carbonyl (C=O) groups is 3. The molecule has 67 heavy (non-hydrogen) atoms. The van der Waals surface area contributed by atoms with E-state index in [1.807, 2.05) is 38.1 Å². The van der Waals surface area contributed by atoms with Crippen molar-refractivity contribution in [1.29, 1.82) is 0 Å². The Kier molecular flexibility index (Phi) is 16.9. The lowest BCUT2D eigenvalue weighted by Crippen LogP contribution is -2.47. The molecule has 0 radical (unpaired) electrons. The first-order valence-corrected chi connectivity index (χ1v) is 24.8. The van der Waals surface area contributed by atoms with Crippen LogP contribution in [0.3, 0.4) is 0 Å². The largest absolute Gasteiger partial charge is 0.464 e. The number of esters is 3. The summed E-state index contributed by atoms with van der Waals surface area (Å²) >= 11 is 0. The molecule has 2 N–H and O–H groups in total. The summed E-state index contributed by atoms with van der Waals surface area (Å²) in [7, 11) is 2.52. The van der Waals surface area contributed by atoms with E-state index in [9.17, 15) is 14.4 Å². The number of methoxy groups -OCH3 is 2. The lowest BCUT2D eigenvalue weighted by Gasteiger charge is -2.35. The molecule has 0 aromatic carbocycles. The number of aromatic nitrogens is 4. The summed E-state index contributed by atoms with van der Waals surface area (Å²) in [5.74, 6) is -2.76. The molecule has 6 rings (SSSR count). The maximum absolute atomic E-state index is 14.1. The summed E-state index contributed by atoms with van der Waals surface area (Å²) < 4.78 is 23.1. The van der Waals surface area contributed by atoms with E-state index in [4.69, 9.17) is 28.9 Å². The van der Waals surface area contributed by atoms with Gasteiger partial charge in [-0.2, -0.15) is 0 Å². The van der Waals surface area contributed by atoms with Gasteiger partial charge >= 0.3 is 23.7 Å². The number of rotatable bonds is 21. The van der Waals surface area contributed by atoms with E-state index in [1.165, 1.54) is 64.7 Å². The van der Waals surface area contributed by atoms with E-state index in [2.05, 4.69) is 78.0 Å². The van der Waals surface area contributed by atoms with Gasteiger partial charge in [-0.05, 0) is 118 Å². The number of hydrogen-bond donors (Lipinski definition) is 2. The molecule has 0 unspecified atom stereocenters. The van der Waals surface area contributed by atoms with Gasteiger partial charge in [-0.25, -0.2) is 14.6 Å². The number of aromatic amines is 2. The van der Waals surface area contributed by atoms with Crippen molar-refractivity contribution in [3.8, 4) is 0 Å². The lowest BCUT2D eigenvalue weighted by molar-refractivity contribution is -0.238. The summed E-state index contributed by atoms with van der Waals surface area (Å²) in [6.07, 6.45) is 16.2. The van der Waals surface area contributed by atoms with Gasteiger partial charge in [0, 0.05) is 58.7 Å². The van der Waals surface area contributed by atoms with Crippen LogP contribution in [0, 0.1) is 31.6 Å². The molecule has 3 aliphatic rings. The highest BCUT2D eigenvalue weighted by Crippen LogP contribution is 2.50. The van der Waals surface area contributed by atoms with Gasteiger partial charge in [-0.3, -0.25) is 9.78 Å². The van der Waals surface area contributed by atoms with Crippen molar-refractivity contribution < 1.29 is 33.3 Å². The summed E-state index contributed by atoms with van der Waals surface area (Å²) in [6.45, 7) is 26.0. The second kappa shape index (κ2) is 22.2. The van der Waals surface area contributed by atoms with Gasteiger partial charge in [0.1, 0.15) is 6.61 Å². The normalized spacial score (nSPS) is 19.1. The molecule has 0 aliphatic carbocycles. The van der Waals surface area contributed by atoms with Crippen molar-refractivity contribution in [2.24, 2.45) is 17.8 Å². The van der Waals surface area contributed by atoms with Crippen LogP contribution in [0.1, 0.15) is 188 Å². The SMILES string of the molecule is C=Cc1c(C)c2cc3nc(c4c5nc(cc6[nH]c(cc1[nH]2)c(C)c6CC)C(C)=C5C(=O)O[C@]4(OC)C(=O)OC)[C@@H](CCC(=O)OC/C=C(\C)CCC[C@H](C)CCC[C@H](C)CCCC(C)C)[C@@H]3C. The number of nitrogens with one attached hydrogen (secondary N) is 2. The van der Waals surface area contributed by atoms with E-state index in [0.29, 0.717) is 35.0 Å². The summed E-state index contributed by atoms with van der Waals surface area (Å²) in [6, 6.07) is 6.05. The number of ether oxygens (including phenoxy) is 4. The van der Waals surface area contributed by atoms with Crippen LogP contribution in [0.4, 0.5) is 0 Å². The molecule has 0 fully saturated rings. The Labute approximate surface area is 398 Å². The molecule has 362 valence electrons. The molecular formula is C56H76N4O7. The third kappa shape index (κ3) is 11.0. The molecule has 3 aromatic rings. The fourth-order valence-corrected chi connectivity index (χ4v) is 10.3. The van der Waals surface area contributed by atoms with Gasteiger partial charge < -0.3 is 28.9 Å². The summed E-state index contributed by atoms with van der Waals surface area (Å²) in [5.41, 5.74) is 11.8. The van der Waals surface area contributed by atoms with Crippen LogP contribution < -0.4 is 0 Å². The number of carbonyl (C=O) groups excluding carboxylic acids is 3. The number of aryl methyl sites for hydroxylation is 3. The maximum Gasteiger partial charge on any atom is 0.385 e. The minimum absolute atomic E-state index is 0.0853. The van der Waals surface area contributed by atoms with Crippen LogP contribution in [0.15, 0.2) is 36.4 Å². The Balaban J connectivity index is 1.30. The van der Waals surface area contributed by atoms with Gasteiger partial charge in [0.15, 0.2) is 0 Å². The highest BCUT2D eigenvalue weighted by molar-refractivity contribution is 6.27. The smallest absolute Gasteiger partial charge is 0.385 e.